The molecule has 0 unspecified atom stereocenters. The first kappa shape index (κ1) is 31.3. The number of aryl methyl sites for hydroxylation is 1. The second-order valence-corrected chi connectivity index (χ2v) is 12.5. The molecule has 0 radical (unpaired) electrons. The molecule has 0 spiro atoms. The van der Waals surface area contributed by atoms with Crippen molar-refractivity contribution in [3.63, 3.8) is 0 Å². The molecule has 5 rings (SSSR count). The minimum Gasteiger partial charge on any atom is -0.479 e. The molecule has 2 aromatic heterocycles. The highest BCUT2D eigenvalue weighted by Crippen LogP contribution is 2.45. The number of hydrogen-bond acceptors (Lipinski definition) is 8. The van der Waals surface area contributed by atoms with E-state index in [2.05, 4.69) is 38.9 Å². The fourth-order valence-corrected chi connectivity index (χ4v) is 5.82. The lowest BCUT2D eigenvalue weighted by atomic mass is 9.88. The molecule has 3 aromatic rings. The summed E-state index contributed by atoms with van der Waals surface area (Å²) in [6.07, 6.45) is 2.21. The van der Waals surface area contributed by atoms with Crippen molar-refractivity contribution in [2.24, 2.45) is 0 Å². The number of hydrogen-bond donors (Lipinski definition) is 1. The number of nitrogens with one attached hydrogen (secondary N) is 1. The zero-order valence-corrected chi connectivity index (χ0v) is 26.2. The van der Waals surface area contributed by atoms with E-state index in [1.54, 1.807) is 21.0 Å². The number of benzene rings is 1. The number of piperazine rings is 1. The van der Waals surface area contributed by atoms with Gasteiger partial charge in [-0.2, -0.15) is 13.8 Å². The molecule has 2 aliphatic rings. The van der Waals surface area contributed by atoms with Gasteiger partial charge in [0.2, 0.25) is 5.88 Å². The third-order valence-electron chi connectivity index (χ3n) is 8.78. The van der Waals surface area contributed by atoms with Gasteiger partial charge in [0.05, 0.1) is 30.2 Å². The second kappa shape index (κ2) is 12.1. The molecule has 0 bridgehead atoms. The van der Waals surface area contributed by atoms with E-state index in [0.29, 0.717) is 34.6 Å². The minimum atomic E-state index is -3.55. The first-order valence-electron chi connectivity index (χ1n) is 15.2. The quantitative estimate of drug-likeness (QED) is 0.278. The van der Waals surface area contributed by atoms with Gasteiger partial charge in [-0.25, -0.2) is 14.4 Å². The number of alkyl halides is 2. The molecule has 1 N–H and O–H groups in total. The number of fused-ring (bicyclic) bond motifs is 1. The van der Waals surface area contributed by atoms with Gasteiger partial charge in [-0.3, -0.25) is 4.90 Å². The number of methoxy groups -OCH3 is 1. The van der Waals surface area contributed by atoms with Gasteiger partial charge in [0, 0.05) is 37.8 Å². The van der Waals surface area contributed by atoms with E-state index in [0.717, 1.165) is 57.2 Å². The number of nitrogens with zero attached hydrogens (tertiary/aromatic N) is 5. The Morgan fingerprint density at radius 2 is 1.72 bits per heavy atom. The van der Waals surface area contributed by atoms with Crippen molar-refractivity contribution >= 4 is 22.5 Å². The molecule has 1 aromatic carbocycles. The summed E-state index contributed by atoms with van der Waals surface area (Å²) in [7, 11) is 1.58. The van der Waals surface area contributed by atoms with Crippen LogP contribution in [-0.4, -0.2) is 70.9 Å². The Kier molecular flexibility index (Phi) is 8.77. The molecule has 43 heavy (non-hydrogen) atoms. The van der Waals surface area contributed by atoms with Gasteiger partial charge in [0.15, 0.2) is 5.65 Å². The lowest BCUT2D eigenvalue weighted by Gasteiger charge is -2.40. The van der Waals surface area contributed by atoms with Crippen LogP contribution in [0.2, 0.25) is 0 Å². The van der Waals surface area contributed by atoms with Crippen LogP contribution in [0.1, 0.15) is 76.9 Å². The number of halogens is 3. The average molecular weight is 601 g/mol. The van der Waals surface area contributed by atoms with Crippen molar-refractivity contribution in [2.75, 3.05) is 43.5 Å². The van der Waals surface area contributed by atoms with Crippen LogP contribution in [0.4, 0.5) is 24.7 Å². The Balaban J connectivity index is 1.46. The van der Waals surface area contributed by atoms with Crippen LogP contribution in [0, 0.1) is 12.7 Å². The van der Waals surface area contributed by atoms with E-state index in [1.807, 2.05) is 6.07 Å². The van der Waals surface area contributed by atoms with E-state index in [9.17, 15) is 0 Å². The van der Waals surface area contributed by atoms with Gasteiger partial charge in [-0.1, -0.05) is 12.1 Å². The number of anilines is 2. The molecule has 0 amide bonds. The first-order chi connectivity index (χ1) is 20.3. The van der Waals surface area contributed by atoms with Crippen LogP contribution >= 0.6 is 0 Å². The molecular formula is C32H43F3N6O2. The van der Waals surface area contributed by atoms with Crippen LogP contribution in [0.3, 0.4) is 0 Å². The molecule has 1 atom stereocenters. The Morgan fingerprint density at radius 1 is 1.02 bits per heavy atom. The maximum absolute atomic E-state index is 15.9. The minimum absolute atomic E-state index is 0.104. The lowest BCUT2D eigenvalue weighted by Crippen LogP contribution is -2.49. The van der Waals surface area contributed by atoms with Crippen molar-refractivity contribution in [1.29, 1.82) is 0 Å². The van der Waals surface area contributed by atoms with Gasteiger partial charge >= 0.3 is 5.92 Å². The number of ether oxygens (including phenoxy) is 2. The topological polar surface area (TPSA) is 75.6 Å². The normalized spacial score (nSPS) is 17.8. The summed E-state index contributed by atoms with van der Waals surface area (Å²) < 4.78 is 58.9. The van der Waals surface area contributed by atoms with Crippen molar-refractivity contribution in [2.45, 2.75) is 90.5 Å². The summed E-state index contributed by atoms with van der Waals surface area (Å²) in [6, 6.07) is 5.84. The van der Waals surface area contributed by atoms with Crippen molar-refractivity contribution in [1.82, 2.24) is 19.9 Å². The van der Waals surface area contributed by atoms with Crippen molar-refractivity contribution < 1.29 is 22.6 Å². The van der Waals surface area contributed by atoms with Crippen LogP contribution in [0.25, 0.3) is 11.0 Å². The van der Waals surface area contributed by atoms with Crippen molar-refractivity contribution in [3.8, 4) is 5.88 Å². The van der Waals surface area contributed by atoms with Crippen LogP contribution < -0.4 is 15.0 Å². The van der Waals surface area contributed by atoms with Gasteiger partial charge in [0.1, 0.15) is 28.7 Å². The van der Waals surface area contributed by atoms with Crippen LogP contribution in [0.15, 0.2) is 24.3 Å². The van der Waals surface area contributed by atoms with E-state index < -0.39 is 28.9 Å². The summed E-state index contributed by atoms with van der Waals surface area (Å²) in [5.74, 6) is -3.13. The SMILES string of the molecule is COc1nc2nc(C)nc(N[C@H](C)c3cccc(C(F)(F)C(C)(C)OC4CCC4)c3F)c2cc1N1CCN(C(C)C)CC1. The summed E-state index contributed by atoms with van der Waals surface area (Å²) >= 11 is 0. The predicted molar refractivity (Wildman–Crippen MR) is 163 cm³/mol. The molecule has 1 aliphatic heterocycles. The lowest BCUT2D eigenvalue weighted by molar-refractivity contribution is -0.230. The van der Waals surface area contributed by atoms with Gasteiger partial charge < -0.3 is 19.7 Å². The third-order valence-corrected chi connectivity index (χ3v) is 8.78. The molecule has 3 heterocycles. The number of pyridine rings is 1. The molecule has 11 heteroatoms. The summed E-state index contributed by atoms with van der Waals surface area (Å²) in [4.78, 5) is 18.5. The number of rotatable bonds is 10. The van der Waals surface area contributed by atoms with E-state index in [1.165, 1.54) is 26.0 Å². The van der Waals surface area contributed by atoms with E-state index >= 15 is 13.2 Å². The third kappa shape index (κ3) is 6.11. The van der Waals surface area contributed by atoms with E-state index in [-0.39, 0.29) is 11.7 Å². The summed E-state index contributed by atoms with van der Waals surface area (Å²) in [6.45, 7) is 13.9. The highest BCUT2D eigenvalue weighted by molar-refractivity contribution is 5.90. The Bertz CT molecular complexity index is 1450. The Morgan fingerprint density at radius 3 is 2.33 bits per heavy atom. The van der Waals surface area contributed by atoms with Gasteiger partial charge in [-0.15, -0.1) is 0 Å². The molecule has 1 aliphatic carbocycles. The second-order valence-electron chi connectivity index (χ2n) is 12.5. The number of aromatic nitrogens is 3. The predicted octanol–water partition coefficient (Wildman–Crippen LogP) is 6.62. The maximum Gasteiger partial charge on any atom is 0.303 e. The molecule has 2 fully saturated rings. The van der Waals surface area contributed by atoms with Crippen LogP contribution in [-0.2, 0) is 10.7 Å². The monoisotopic (exact) mass is 600 g/mol. The molecule has 1 saturated heterocycles. The smallest absolute Gasteiger partial charge is 0.303 e. The zero-order valence-electron chi connectivity index (χ0n) is 26.2. The maximum atomic E-state index is 15.9. The summed E-state index contributed by atoms with van der Waals surface area (Å²) in [5.41, 5.74) is -1.19. The fraction of sp³-hybridized carbons (Fsp3) is 0.594. The first-order valence-corrected chi connectivity index (χ1v) is 15.2. The standard InChI is InChI=1S/C32H43F3N6O2/c1-19(2)40-14-16-41(17-15-40)26-18-24-28(37-21(4)38-29(24)39-30(26)42-7)36-20(3)23-12-9-13-25(27(23)33)32(34,35)31(5,6)43-22-10-8-11-22/h9,12-13,18-20,22H,8,10-11,14-17H2,1-7H3,(H,36,37,38,39)/t20-/m1/s1. The van der Waals surface area contributed by atoms with Crippen LogP contribution in [0.5, 0.6) is 5.88 Å². The molecule has 234 valence electrons. The van der Waals surface area contributed by atoms with Crippen molar-refractivity contribution in [3.05, 3.63) is 47.0 Å². The molecular weight excluding hydrogens is 557 g/mol. The highest BCUT2D eigenvalue weighted by Gasteiger charge is 2.52. The molecule has 1 saturated carbocycles. The van der Waals surface area contributed by atoms with Gasteiger partial charge in [-0.05, 0) is 72.9 Å². The van der Waals surface area contributed by atoms with E-state index in [4.69, 9.17) is 14.5 Å². The largest absolute Gasteiger partial charge is 0.479 e. The highest BCUT2D eigenvalue weighted by atomic mass is 19.3. The average Bonchev–Trinajstić information content (AvgIpc) is 2.94. The van der Waals surface area contributed by atoms with Gasteiger partial charge in [0.25, 0.3) is 0 Å². The summed E-state index contributed by atoms with van der Waals surface area (Å²) in [5, 5.41) is 3.90. The Hall–Kier alpha value is -3.18. The Labute approximate surface area is 252 Å². The molecule has 8 nitrogen and oxygen atoms in total. The zero-order chi connectivity index (χ0) is 31.1. The fourth-order valence-electron chi connectivity index (χ4n) is 5.82.